The molecule has 0 bridgehead atoms. The molecule has 0 unspecified atom stereocenters. The van der Waals surface area contributed by atoms with E-state index in [2.05, 4.69) is 10.1 Å². The minimum atomic E-state index is -4.68. The number of piperidine rings is 1. The molecule has 2 saturated heterocycles. The van der Waals surface area contributed by atoms with Crippen LogP contribution in [0.2, 0.25) is 0 Å². The van der Waals surface area contributed by atoms with Gasteiger partial charge in [-0.05, 0) is 32.3 Å². The normalized spacial score (nSPS) is 19.6. The summed E-state index contributed by atoms with van der Waals surface area (Å²) in [6.07, 6.45) is 0.694. The van der Waals surface area contributed by atoms with E-state index < -0.39 is 17.3 Å². The molecule has 4 heterocycles. The topological polar surface area (TPSA) is 104 Å². The molecule has 2 N–H and O–H groups in total. The molecule has 0 aromatic carbocycles. The lowest BCUT2D eigenvalue weighted by atomic mass is 10.0. The van der Waals surface area contributed by atoms with Crippen LogP contribution in [-0.4, -0.2) is 57.8 Å². The molecular formula is C21H24F3N7O. The van der Waals surface area contributed by atoms with E-state index in [-0.39, 0.29) is 36.0 Å². The third kappa shape index (κ3) is 4.02. The van der Waals surface area contributed by atoms with Crippen LogP contribution in [0.25, 0.3) is 11.3 Å². The van der Waals surface area contributed by atoms with E-state index in [0.717, 1.165) is 12.5 Å². The molecule has 170 valence electrons. The fourth-order valence-corrected chi connectivity index (χ4v) is 4.23. The van der Waals surface area contributed by atoms with Crippen molar-refractivity contribution in [3.63, 3.8) is 0 Å². The van der Waals surface area contributed by atoms with Gasteiger partial charge in [-0.2, -0.15) is 23.5 Å². The SMILES string of the molecule is C[C@H]1CCN1c1nc(-c2cnn(C3CCN(C(=O)CN)CC3)c2)cc(C(F)(F)F)c1C#N. The molecule has 0 aliphatic carbocycles. The number of amides is 1. The van der Waals surface area contributed by atoms with Crippen molar-refractivity contribution in [3.05, 3.63) is 29.6 Å². The van der Waals surface area contributed by atoms with Crippen LogP contribution in [-0.2, 0) is 11.0 Å². The highest BCUT2D eigenvalue weighted by molar-refractivity contribution is 5.78. The van der Waals surface area contributed by atoms with E-state index in [4.69, 9.17) is 5.73 Å². The second-order valence-corrected chi connectivity index (χ2v) is 8.22. The molecular weight excluding hydrogens is 423 g/mol. The summed E-state index contributed by atoms with van der Waals surface area (Å²) >= 11 is 0. The van der Waals surface area contributed by atoms with E-state index in [0.29, 0.717) is 38.0 Å². The number of alkyl halides is 3. The second-order valence-electron chi connectivity index (χ2n) is 8.22. The number of anilines is 1. The number of rotatable bonds is 4. The van der Waals surface area contributed by atoms with Crippen molar-refractivity contribution in [2.45, 2.75) is 44.4 Å². The smallest absolute Gasteiger partial charge is 0.353 e. The molecule has 0 radical (unpaired) electrons. The third-order valence-corrected chi connectivity index (χ3v) is 6.27. The first kappa shape index (κ1) is 22.1. The molecule has 1 atom stereocenters. The maximum Gasteiger partial charge on any atom is 0.417 e. The summed E-state index contributed by atoms with van der Waals surface area (Å²) in [5.74, 6) is -0.0313. The zero-order valence-electron chi connectivity index (χ0n) is 17.6. The van der Waals surface area contributed by atoms with Crippen LogP contribution < -0.4 is 10.6 Å². The number of nitriles is 1. The van der Waals surface area contributed by atoms with E-state index in [9.17, 15) is 23.2 Å². The van der Waals surface area contributed by atoms with E-state index in [1.807, 2.05) is 6.92 Å². The highest BCUT2D eigenvalue weighted by Crippen LogP contribution is 2.40. The van der Waals surface area contributed by atoms with Crippen LogP contribution in [0.1, 0.15) is 43.4 Å². The molecule has 0 saturated carbocycles. The van der Waals surface area contributed by atoms with Crippen LogP contribution in [0.15, 0.2) is 18.5 Å². The van der Waals surface area contributed by atoms with Crippen molar-refractivity contribution < 1.29 is 18.0 Å². The largest absolute Gasteiger partial charge is 0.417 e. The molecule has 11 heteroatoms. The zero-order chi connectivity index (χ0) is 23.0. The van der Waals surface area contributed by atoms with E-state index >= 15 is 0 Å². The van der Waals surface area contributed by atoms with Gasteiger partial charge >= 0.3 is 6.18 Å². The highest BCUT2D eigenvalue weighted by Gasteiger charge is 2.38. The van der Waals surface area contributed by atoms with Gasteiger partial charge in [0, 0.05) is 37.4 Å². The predicted molar refractivity (Wildman–Crippen MR) is 111 cm³/mol. The number of nitrogens with zero attached hydrogens (tertiary/aromatic N) is 6. The predicted octanol–water partition coefficient (Wildman–Crippen LogP) is 2.56. The van der Waals surface area contributed by atoms with Crippen molar-refractivity contribution in [1.29, 1.82) is 5.26 Å². The standard InChI is InChI=1S/C21H24F3N7O/c1-13-2-7-30(13)20-16(9-25)17(21(22,23)24)8-18(28-20)14-11-27-31(12-14)15-3-5-29(6-4-15)19(32)10-26/h8,11-13,15H,2-7,10,26H2,1H3/t13-/m0/s1. The van der Waals surface area contributed by atoms with Gasteiger partial charge in [-0.15, -0.1) is 0 Å². The molecule has 4 rings (SSSR count). The maximum absolute atomic E-state index is 13.8. The molecule has 8 nitrogen and oxygen atoms in total. The van der Waals surface area contributed by atoms with Gasteiger partial charge in [-0.3, -0.25) is 9.48 Å². The molecule has 2 aromatic rings. The molecule has 1 amide bonds. The summed E-state index contributed by atoms with van der Waals surface area (Å²) in [7, 11) is 0. The summed E-state index contributed by atoms with van der Waals surface area (Å²) in [6, 6.07) is 2.69. The Morgan fingerprint density at radius 1 is 1.28 bits per heavy atom. The Hall–Kier alpha value is -3.13. The number of halogens is 3. The number of carbonyl (C=O) groups excluding carboxylic acids is 1. The highest BCUT2D eigenvalue weighted by atomic mass is 19.4. The lowest BCUT2D eigenvalue weighted by Crippen LogP contribution is -2.46. The molecule has 2 fully saturated rings. The number of carbonyl (C=O) groups is 1. The van der Waals surface area contributed by atoms with Crippen molar-refractivity contribution in [2.24, 2.45) is 5.73 Å². The summed E-state index contributed by atoms with van der Waals surface area (Å²) in [6.45, 7) is 3.54. The van der Waals surface area contributed by atoms with Crippen molar-refractivity contribution in [3.8, 4) is 17.3 Å². The fourth-order valence-electron chi connectivity index (χ4n) is 4.23. The average Bonchev–Trinajstić information content (AvgIpc) is 3.26. The monoisotopic (exact) mass is 447 g/mol. The van der Waals surface area contributed by atoms with Gasteiger partial charge in [0.1, 0.15) is 17.5 Å². The third-order valence-electron chi connectivity index (χ3n) is 6.27. The molecule has 0 spiro atoms. The number of likely N-dealkylation sites (tertiary alicyclic amines) is 1. The molecule has 32 heavy (non-hydrogen) atoms. The van der Waals surface area contributed by atoms with Gasteiger partial charge in [-0.1, -0.05) is 0 Å². The maximum atomic E-state index is 13.8. The van der Waals surface area contributed by atoms with Gasteiger partial charge in [0.2, 0.25) is 5.91 Å². The number of pyridine rings is 1. The number of nitrogens with two attached hydrogens (primary N) is 1. The average molecular weight is 447 g/mol. The summed E-state index contributed by atoms with van der Waals surface area (Å²) in [4.78, 5) is 19.6. The first-order valence-corrected chi connectivity index (χ1v) is 10.5. The molecule has 2 aromatic heterocycles. The Labute approximate surface area is 183 Å². The Morgan fingerprint density at radius 3 is 2.53 bits per heavy atom. The first-order chi connectivity index (χ1) is 15.2. The minimum Gasteiger partial charge on any atom is -0.353 e. The van der Waals surface area contributed by atoms with Crippen LogP contribution in [0.5, 0.6) is 0 Å². The van der Waals surface area contributed by atoms with Crippen molar-refractivity contribution >= 4 is 11.7 Å². The van der Waals surface area contributed by atoms with Crippen LogP contribution in [0.4, 0.5) is 19.0 Å². The number of hydrogen-bond acceptors (Lipinski definition) is 6. The van der Waals surface area contributed by atoms with Gasteiger partial charge in [0.25, 0.3) is 0 Å². The van der Waals surface area contributed by atoms with Gasteiger partial charge in [0.15, 0.2) is 0 Å². The Kier molecular flexibility index (Phi) is 5.81. The lowest BCUT2D eigenvalue weighted by Gasteiger charge is -2.40. The number of hydrogen-bond donors (Lipinski definition) is 1. The van der Waals surface area contributed by atoms with Gasteiger partial charge in [0.05, 0.1) is 30.0 Å². The molecule has 2 aliphatic rings. The fraction of sp³-hybridized carbons (Fsp3) is 0.524. The van der Waals surface area contributed by atoms with Crippen LogP contribution >= 0.6 is 0 Å². The summed E-state index contributed by atoms with van der Waals surface area (Å²) < 4.78 is 43.0. The Morgan fingerprint density at radius 2 is 2.00 bits per heavy atom. The van der Waals surface area contributed by atoms with E-state index in [1.165, 1.54) is 6.20 Å². The van der Waals surface area contributed by atoms with Gasteiger partial charge in [-0.25, -0.2) is 4.98 Å². The van der Waals surface area contributed by atoms with E-state index in [1.54, 1.807) is 26.7 Å². The Bertz CT molecular complexity index is 1050. The summed E-state index contributed by atoms with van der Waals surface area (Å²) in [5.41, 5.74) is 4.57. The first-order valence-electron chi connectivity index (χ1n) is 10.5. The van der Waals surface area contributed by atoms with Crippen LogP contribution in [0, 0.1) is 11.3 Å². The number of aromatic nitrogens is 3. The van der Waals surface area contributed by atoms with Crippen LogP contribution in [0.3, 0.4) is 0 Å². The molecule has 2 aliphatic heterocycles. The van der Waals surface area contributed by atoms with Crippen molar-refractivity contribution in [1.82, 2.24) is 19.7 Å². The second kappa shape index (κ2) is 8.43. The zero-order valence-corrected chi connectivity index (χ0v) is 17.6. The minimum absolute atomic E-state index is 0.0232. The van der Waals surface area contributed by atoms with Crippen molar-refractivity contribution in [2.75, 3.05) is 31.1 Å². The van der Waals surface area contributed by atoms with Gasteiger partial charge < -0.3 is 15.5 Å². The Balaban J connectivity index is 1.65. The lowest BCUT2D eigenvalue weighted by molar-refractivity contribution is -0.137. The summed E-state index contributed by atoms with van der Waals surface area (Å²) in [5, 5.41) is 13.8. The quantitative estimate of drug-likeness (QED) is 0.773.